The van der Waals surface area contributed by atoms with Crippen molar-refractivity contribution in [3.05, 3.63) is 29.5 Å². The van der Waals surface area contributed by atoms with Crippen molar-refractivity contribution in [3.8, 4) is 5.75 Å². The SMILES string of the molecule is CCO[C@H]1c2c([nH]c3cc(OC)ccc23)[C@H](CC(C)(C)O)N2C(=O)[C@@H]3CCCN3C(=O)[C@@]12O. The molecule has 2 saturated heterocycles. The first-order chi connectivity index (χ1) is 15.6. The number of benzene rings is 1. The molecule has 5 rings (SSSR count). The van der Waals surface area contributed by atoms with Gasteiger partial charge in [0.05, 0.1) is 18.8 Å². The van der Waals surface area contributed by atoms with E-state index in [1.807, 2.05) is 18.2 Å². The molecule has 0 saturated carbocycles. The van der Waals surface area contributed by atoms with Gasteiger partial charge in [-0.25, -0.2) is 0 Å². The van der Waals surface area contributed by atoms with Gasteiger partial charge in [0, 0.05) is 47.8 Å². The predicted molar refractivity (Wildman–Crippen MR) is 119 cm³/mol. The number of nitrogens with zero attached hydrogens (tertiary/aromatic N) is 2. The minimum atomic E-state index is -2.20. The Morgan fingerprint density at radius 1 is 1.30 bits per heavy atom. The third-order valence-corrected chi connectivity index (χ3v) is 7.09. The monoisotopic (exact) mass is 457 g/mol. The van der Waals surface area contributed by atoms with Gasteiger partial charge in [0.2, 0.25) is 5.91 Å². The first-order valence-electron chi connectivity index (χ1n) is 11.5. The minimum absolute atomic E-state index is 0.136. The summed E-state index contributed by atoms with van der Waals surface area (Å²) in [6.45, 7) is 5.78. The van der Waals surface area contributed by atoms with Crippen molar-refractivity contribution in [2.45, 2.75) is 69.5 Å². The Morgan fingerprint density at radius 3 is 2.73 bits per heavy atom. The van der Waals surface area contributed by atoms with Gasteiger partial charge >= 0.3 is 0 Å². The summed E-state index contributed by atoms with van der Waals surface area (Å²) in [4.78, 5) is 33.7. The van der Waals surface area contributed by atoms with Crippen LogP contribution < -0.4 is 4.74 Å². The molecule has 9 heteroatoms. The average Bonchev–Trinajstić information content (AvgIpc) is 3.39. The van der Waals surface area contributed by atoms with E-state index < -0.39 is 35.4 Å². The zero-order valence-corrected chi connectivity index (χ0v) is 19.4. The fourth-order valence-corrected chi connectivity index (χ4v) is 5.79. The number of ether oxygens (including phenoxy) is 2. The number of amides is 2. The molecule has 3 aliphatic rings. The third kappa shape index (κ3) is 3.09. The van der Waals surface area contributed by atoms with Gasteiger partial charge < -0.3 is 29.6 Å². The van der Waals surface area contributed by atoms with Crippen LogP contribution in [0.2, 0.25) is 0 Å². The van der Waals surface area contributed by atoms with E-state index >= 15 is 0 Å². The lowest BCUT2D eigenvalue weighted by molar-refractivity contribution is -0.241. The van der Waals surface area contributed by atoms with Crippen LogP contribution in [0, 0.1) is 0 Å². The average molecular weight is 458 g/mol. The Balaban J connectivity index is 1.80. The molecule has 3 N–H and O–H groups in total. The Bertz CT molecular complexity index is 1120. The molecule has 4 atom stereocenters. The van der Waals surface area contributed by atoms with Crippen molar-refractivity contribution < 1.29 is 29.3 Å². The molecule has 9 nitrogen and oxygen atoms in total. The number of methoxy groups -OCH3 is 1. The summed E-state index contributed by atoms with van der Waals surface area (Å²) < 4.78 is 11.4. The van der Waals surface area contributed by atoms with Crippen molar-refractivity contribution in [3.63, 3.8) is 0 Å². The van der Waals surface area contributed by atoms with E-state index in [1.165, 1.54) is 9.80 Å². The maximum absolute atomic E-state index is 13.8. The third-order valence-electron chi connectivity index (χ3n) is 7.09. The van der Waals surface area contributed by atoms with Crippen LogP contribution in [0.1, 0.15) is 63.4 Å². The van der Waals surface area contributed by atoms with Gasteiger partial charge in [0.25, 0.3) is 11.6 Å². The van der Waals surface area contributed by atoms with Gasteiger partial charge in [-0.15, -0.1) is 0 Å². The highest BCUT2D eigenvalue weighted by molar-refractivity contribution is 6.01. The van der Waals surface area contributed by atoms with Gasteiger partial charge in [0.1, 0.15) is 17.9 Å². The number of fused-ring (bicyclic) bond motifs is 5. The summed E-state index contributed by atoms with van der Waals surface area (Å²) in [5, 5.41) is 23.7. The molecular weight excluding hydrogens is 426 g/mol. The number of carbonyl (C=O) groups excluding carboxylic acids is 2. The smallest absolute Gasteiger partial charge is 0.279 e. The zero-order valence-electron chi connectivity index (χ0n) is 19.4. The van der Waals surface area contributed by atoms with E-state index in [1.54, 1.807) is 27.9 Å². The number of hydrogen-bond donors (Lipinski definition) is 3. The molecule has 178 valence electrons. The highest BCUT2D eigenvalue weighted by Crippen LogP contribution is 2.54. The number of aromatic amines is 1. The number of H-pyrrole nitrogens is 1. The highest BCUT2D eigenvalue weighted by atomic mass is 16.5. The van der Waals surface area contributed by atoms with Gasteiger partial charge in [-0.1, -0.05) is 0 Å². The Kier molecular flexibility index (Phi) is 5.00. The predicted octanol–water partition coefficient (Wildman–Crippen LogP) is 1.99. The van der Waals surface area contributed by atoms with Crippen LogP contribution in [-0.2, 0) is 14.3 Å². The van der Waals surface area contributed by atoms with Crippen LogP contribution in [0.25, 0.3) is 10.9 Å². The van der Waals surface area contributed by atoms with E-state index in [9.17, 15) is 19.8 Å². The summed E-state index contributed by atoms with van der Waals surface area (Å²) in [5.74, 6) is -0.176. The summed E-state index contributed by atoms with van der Waals surface area (Å²) in [6.07, 6.45) is 0.324. The van der Waals surface area contributed by atoms with Crippen molar-refractivity contribution in [1.29, 1.82) is 0 Å². The van der Waals surface area contributed by atoms with Crippen molar-refractivity contribution in [2.75, 3.05) is 20.3 Å². The second-order valence-electron chi connectivity index (χ2n) is 9.82. The maximum Gasteiger partial charge on any atom is 0.279 e. The summed E-state index contributed by atoms with van der Waals surface area (Å²) in [7, 11) is 1.58. The topological polar surface area (TPSA) is 115 Å². The Hall–Kier alpha value is -2.62. The van der Waals surface area contributed by atoms with E-state index in [2.05, 4.69) is 4.98 Å². The molecule has 1 aromatic carbocycles. The molecule has 0 radical (unpaired) electrons. The number of rotatable bonds is 5. The lowest BCUT2D eigenvalue weighted by atomic mass is 9.80. The Labute approximate surface area is 192 Å². The molecule has 0 spiro atoms. The fourth-order valence-electron chi connectivity index (χ4n) is 5.79. The number of aromatic nitrogens is 1. The second kappa shape index (κ2) is 7.44. The van der Waals surface area contributed by atoms with Gasteiger partial charge in [-0.05, 0) is 45.7 Å². The molecule has 4 heterocycles. The number of nitrogens with one attached hydrogen (secondary N) is 1. The quantitative estimate of drug-likeness (QED) is 0.633. The molecule has 3 aliphatic heterocycles. The number of carbonyl (C=O) groups is 2. The molecule has 0 aliphatic carbocycles. The first kappa shape index (κ1) is 22.2. The van der Waals surface area contributed by atoms with Crippen LogP contribution in [0.3, 0.4) is 0 Å². The second-order valence-corrected chi connectivity index (χ2v) is 9.82. The normalized spacial score (nSPS) is 29.3. The summed E-state index contributed by atoms with van der Waals surface area (Å²) >= 11 is 0. The minimum Gasteiger partial charge on any atom is -0.497 e. The van der Waals surface area contributed by atoms with Crippen molar-refractivity contribution in [1.82, 2.24) is 14.8 Å². The maximum atomic E-state index is 13.8. The molecule has 1 aromatic heterocycles. The zero-order chi connectivity index (χ0) is 23.7. The summed E-state index contributed by atoms with van der Waals surface area (Å²) in [5.41, 5.74) is -1.32. The molecule has 33 heavy (non-hydrogen) atoms. The standard InChI is InChI=1S/C24H31N3O6/c1-5-33-20-18-14-9-8-13(32-4)11-15(14)25-19(18)17(12-23(2,3)30)27-21(28)16-7-6-10-26(16)22(29)24(20,27)31/h8-9,11,16-17,20,25,30-31H,5-7,10,12H2,1-4H3/t16-,17-,20-,24-/m0/s1. The highest BCUT2D eigenvalue weighted by Gasteiger charge is 2.66. The Morgan fingerprint density at radius 2 is 2.06 bits per heavy atom. The molecule has 0 unspecified atom stereocenters. The molecular formula is C24H31N3O6. The number of hydrogen-bond acceptors (Lipinski definition) is 6. The molecule has 0 bridgehead atoms. The van der Waals surface area contributed by atoms with E-state index in [-0.39, 0.29) is 18.9 Å². The number of aliphatic hydroxyl groups is 2. The van der Waals surface area contributed by atoms with E-state index in [4.69, 9.17) is 9.47 Å². The van der Waals surface area contributed by atoms with Crippen LogP contribution in [0.4, 0.5) is 0 Å². The van der Waals surface area contributed by atoms with Crippen molar-refractivity contribution >= 4 is 22.7 Å². The van der Waals surface area contributed by atoms with Gasteiger partial charge in [0.15, 0.2) is 0 Å². The lowest BCUT2D eigenvalue weighted by Crippen LogP contribution is -2.74. The van der Waals surface area contributed by atoms with Crippen LogP contribution >= 0.6 is 0 Å². The first-order valence-corrected chi connectivity index (χ1v) is 11.5. The van der Waals surface area contributed by atoms with E-state index in [0.717, 1.165) is 10.9 Å². The summed E-state index contributed by atoms with van der Waals surface area (Å²) in [6, 6.07) is 4.17. The molecule has 2 fully saturated rings. The fraction of sp³-hybridized carbons (Fsp3) is 0.583. The largest absolute Gasteiger partial charge is 0.497 e. The number of piperazine rings is 1. The van der Waals surface area contributed by atoms with Crippen LogP contribution in [0.5, 0.6) is 5.75 Å². The molecule has 2 amide bonds. The van der Waals surface area contributed by atoms with Crippen molar-refractivity contribution in [2.24, 2.45) is 0 Å². The van der Waals surface area contributed by atoms with Gasteiger partial charge in [-0.3, -0.25) is 14.5 Å². The van der Waals surface area contributed by atoms with Crippen LogP contribution in [-0.4, -0.2) is 74.4 Å². The molecule has 2 aromatic rings. The van der Waals surface area contributed by atoms with Crippen LogP contribution in [0.15, 0.2) is 18.2 Å². The lowest BCUT2D eigenvalue weighted by Gasteiger charge is -2.56. The van der Waals surface area contributed by atoms with E-state index in [0.29, 0.717) is 36.4 Å². The van der Waals surface area contributed by atoms with Gasteiger partial charge in [-0.2, -0.15) is 0 Å².